The Bertz CT molecular complexity index is 1000. The minimum absolute atomic E-state index is 0.00290. The molecule has 3 aromatic heterocycles. The molecule has 3 aromatic rings. The van der Waals surface area contributed by atoms with Gasteiger partial charge in [0.15, 0.2) is 0 Å². The molecule has 0 saturated carbocycles. The van der Waals surface area contributed by atoms with Gasteiger partial charge in [0.25, 0.3) is 11.5 Å². The minimum Gasteiger partial charge on any atom is -0.329 e. The van der Waals surface area contributed by atoms with Crippen molar-refractivity contribution >= 4 is 23.0 Å². The van der Waals surface area contributed by atoms with E-state index in [-0.39, 0.29) is 17.5 Å². The lowest BCUT2D eigenvalue weighted by Crippen LogP contribution is -2.39. The summed E-state index contributed by atoms with van der Waals surface area (Å²) >= 11 is 1.43. The molecule has 0 aliphatic carbocycles. The van der Waals surface area contributed by atoms with Gasteiger partial charge in [-0.3, -0.25) is 14.0 Å². The van der Waals surface area contributed by atoms with Crippen LogP contribution in [0.2, 0.25) is 0 Å². The Morgan fingerprint density at radius 2 is 2.20 bits per heavy atom. The summed E-state index contributed by atoms with van der Waals surface area (Å²) in [6, 6.07) is 1.44. The topological polar surface area (TPSA) is 83.4 Å². The van der Waals surface area contributed by atoms with Gasteiger partial charge in [-0.05, 0) is 33.1 Å². The van der Waals surface area contributed by atoms with Gasteiger partial charge in [0, 0.05) is 30.7 Å². The third kappa shape index (κ3) is 2.76. The first-order valence-corrected chi connectivity index (χ1v) is 9.17. The molecule has 1 unspecified atom stereocenters. The number of likely N-dealkylation sites (tertiary alicyclic amines) is 1. The third-order valence-corrected chi connectivity index (χ3v) is 5.69. The molecule has 0 spiro atoms. The van der Waals surface area contributed by atoms with E-state index in [2.05, 4.69) is 15.0 Å². The summed E-state index contributed by atoms with van der Waals surface area (Å²) in [6.45, 7) is 4.46. The number of thiazole rings is 1. The van der Waals surface area contributed by atoms with Gasteiger partial charge in [0.05, 0.1) is 16.7 Å². The van der Waals surface area contributed by atoms with Crippen LogP contribution in [0, 0.1) is 13.8 Å². The van der Waals surface area contributed by atoms with Crippen molar-refractivity contribution in [3.05, 3.63) is 50.1 Å². The predicted octanol–water partition coefficient (Wildman–Crippen LogP) is 2.46. The van der Waals surface area contributed by atoms with Gasteiger partial charge < -0.3 is 9.88 Å². The monoisotopic (exact) mass is 357 g/mol. The van der Waals surface area contributed by atoms with Gasteiger partial charge in [0.2, 0.25) is 5.78 Å². The van der Waals surface area contributed by atoms with E-state index in [9.17, 15) is 9.59 Å². The summed E-state index contributed by atoms with van der Waals surface area (Å²) in [6.07, 6.45) is 6.04. The van der Waals surface area contributed by atoms with E-state index in [1.165, 1.54) is 15.7 Å². The zero-order chi connectivity index (χ0) is 17.6. The number of fused-ring (bicyclic) bond motifs is 1. The standard InChI is InChI=1S/C17H19N5O2S/c1-10-15(25-11(2)19-10)16(24)21-7-4-3-5-13(21)12-9-14(23)22-8-6-18-17(22)20-12/h6,8-9,13H,3-5,7H2,1-2H3,(H,18,20). The van der Waals surface area contributed by atoms with E-state index >= 15 is 0 Å². The molecule has 1 amide bonds. The first-order chi connectivity index (χ1) is 12.0. The minimum atomic E-state index is -0.141. The first-order valence-electron chi connectivity index (χ1n) is 8.36. The van der Waals surface area contributed by atoms with E-state index in [0.717, 1.165) is 35.7 Å². The molecule has 0 radical (unpaired) electrons. The van der Waals surface area contributed by atoms with Crippen LogP contribution < -0.4 is 5.56 Å². The lowest BCUT2D eigenvalue weighted by molar-refractivity contribution is 0.0610. The maximum absolute atomic E-state index is 13.1. The van der Waals surface area contributed by atoms with E-state index < -0.39 is 0 Å². The second kappa shape index (κ2) is 6.11. The number of hydrogen-bond donors (Lipinski definition) is 1. The van der Waals surface area contributed by atoms with Gasteiger partial charge in [-0.2, -0.15) is 0 Å². The Morgan fingerprint density at radius 3 is 2.96 bits per heavy atom. The number of carbonyl (C=O) groups is 1. The smallest absolute Gasteiger partial charge is 0.266 e. The highest BCUT2D eigenvalue weighted by atomic mass is 32.1. The molecule has 1 N–H and O–H groups in total. The van der Waals surface area contributed by atoms with Crippen molar-refractivity contribution in [2.75, 3.05) is 6.54 Å². The fourth-order valence-electron chi connectivity index (χ4n) is 3.48. The number of aromatic nitrogens is 4. The SMILES string of the molecule is Cc1nc(C)c(C(=O)N2CCCCC2c2cc(=O)n3ccnc3[nH]2)s1. The number of imidazole rings is 1. The third-order valence-electron chi connectivity index (χ3n) is 4.63. The molecule has 4 rings (SSSR count). The average molecular weight is 357 g/mol. The molecule has 8 heteroatoms. The molecule has 25 heavy (non-hydrogen) atoms. The van der Waals surface area contributed by atoms with Crippen LogP contribution in [0.5, 0.6) is 0 Å². The van der Waals surface area contributed by atoms with E-state index in [4.69, 9.17) is 0 Å². The Kier molecular flexibility index (Phi) is 3.91. The van der Waals surface area contributed by atoms with Gasteiger partial charge in [-0.25, -0.2) is 9.97 Å². The van der Waals surface area contributed by atoms with Gasteiger partial charge in [-0.15, -0.1) is 11.3 Å². The number of aromatic amines is 1. The number of rotatable bonds is 2. The predicted molar refractivity (Wildman–Crippen MR) is 95.0 cm³/mol. The highest BCUT2D eigenvalue weighted by Gasteiger charge is 2.31. The van der Waals surface area contributed by atoms with Crippen molar-refractivity contribution in [3.63, 3.8) is 0 Å². The zero-order valence-corrected chi connectivity index (χ0v) is 15.0. The summed E-state index contributed by atoms with van der Waals surface area (Å²) in [5.74, 6) is 0.502. The number of H-pyrrole nitrogens is 1. The molecule has 0 bridgehead atoms. The van der Waals surface area contributed by atoms with E-state index in [1.807, 2.05) is 18.7 Å². The fraction of sp³-hybridized carbons (Fsp3) is 0.412. The highest BCUT2D eigenvalue weighted by Crippen LogP contribution is 2.32. The summed E-state index contributed by atoms with van der Waals surface area (Å²) < 4.78 is 1.47. The van der Waals surface area contributed by atoms with Crippen LogP contribution in [0.4, 0.5) is 0 Å². The van der Waals surface area contributed by atoms with Crippen LogP contribution in [-0.4, -0.2) is 36.7 Å². The molecular formula is C17H19N5O2S. The Balaban J connectivity index is 1.74. The molecule has 1 aliphatic heterocycles. The van der Waals surface area contributed by atoms with Crippen molar-refractivity contribution in [2.24, 2.45) is 0 Å². The van der Waals surface area contributed by atoms with Gasteiger partial charge in [-0.1, -0.05) is 0 Å². The van der Waals surface area contributed by atoms with Crippen LogP contribution in [0.15, 0.2) is 23.3 Å². The number of amides is 1. The number of nitrogens with zero attached hydrogens (tertiary/aromatic N) is 4. The largest absolute Gasteiger partial charge is 0.329 e. The molecule has 7 nitrogen and oxygen atoms in total. The van der Waals surface area contributed by atoms with Crippen LogP contribution in [-0.2, 0) is 0 Å². The second-order valence-electron chi connectivity index (χ2n) is 6.34. The van der Waals surface area contributed by atoms with Crippen LogP contribution in [0.1, 0.15) is 51.4 Å². The summed E-state index contributed by atoms with van der Waals surface area (Å²) in [4.78, 5) is 39.7. The number of aryl methyl sites for hydroxylation is 2. The normalized spacial score (nSPS) is 18.0. The van der Waals surface area contributed by atoms with E-state index in [0.29, 0.717) is 17.2 Å². The lowest BCUT2D eigenvalue weighted by Gasteiger charge is -2.35. The molecule has 0 aromatic carbocycles. The molecule has 130 valence electrons. The lowest BCUT2D eigenvalue weighted by atomic mass is 9.98. The Labute approximate surface area is 148 Å². The summed E-state index contributed by atoms with van der Waals surface area (Å²) in [7, 11) is 0. The second-order valence-corrected chi connectivity index (χ2v) is 7.54. The Hall–Kier alpha value is -2.48. The number of carbonyl (C=O) groups excluding carboxylic acids is 1. The summed E-state index contributed by atoms with van der Waals surface area (Å²) in [5.41, 5.74) is 1.38. The molecule has 1 aliphatic rings. The maximum Gasteiger partial charge on any atom is 0.266 e. The van der Waals surface area contributed by atoms with Crippen molar-refractivity contribution in [3.8, 4) is 0 Å². The maximum atomic E-state index is 13.1. The van der Waals surface area contributed by atoms with Crippen molar-refractivity contribution < 1.29 is 4.79 Å². The van der Waals surface area contributed by atoms with Crippen LogP contribution in [0.3, 0.4) is 0 Å². The fourth-order valence-corrected chi connectivity index (χ4v) is 4.36. The molecule has 4 heterocycles. The quantitative estimate of drug-likeness (QED) is 0.764. The molecule has 1 saturated heterocycles. The van der Waals surface area contributed by atoms with E-state index in [1.54, 1.807) is 18.5 Å². The number of hydrogen-bond acceptors (Lipinski definition) is 5. The summed E-state index contributed by atoms with van der Waals surface area (Å²) in [5, 5.41) is 0.890. The molecular weight excluding hydrogens is 338 g/mol. The van der Waals surface area contributed by atoms with Gasteiger partial charge in [0.1, 0.15) is 4.88 Å². The zero-order valence-electron chi connectivity index (χ0n) is 14.2. The van der Waals surface area contributed by atoms with Crippen LogP contribution >= 0.6 is 11.3 Å². The number of nitrogens with one attached hydrogen (secondary N) is 1. The van der Waals surface area contributed by atoms with Gasteiger partial charge >= 0.3 is 0 Å². The average Bonchev–Trinajstić information content (AvgIpc) is 3.20. The van der Waals surface area contributed by atoms with Crippen molar-refractivity contribution in [1.29, 1.82) is 0 Å². The van der Waals surface area contributed by atoms with Crippen molar-refractivity contribution in [2.45, 2.75) is 39.2 Å². The molecule has 1 fully saturated rings. The van der Waals surface area contributed by atoms with Crippen molar-refractivity contribution in [1.82, 2.24) is 24.3 Å². The first kappa shape index (κ1) is 16.0. The highest BCUT2D eigenvalue weighted by molar-refractivity contribution is 7.13. The Morgan fingerprint density at radius 1 is 1.36 bits per heavy atom. The molecule has 1 atom stereocenters. The number of piperidine rings is 1. The van der Waals surface area contributed by atoms with Crippen LogP contribution in [0.25, 0.3) is 5.78 Å².